The van der Waals surface area contributed by atoms with Gasteiger partial charge < -0.3 is 16.0 Å². The molecule has 120 valence electrons. The molecule has 1 aliphatic heterocycles. The Morgan fingerprint density at radius 3 is 2.48 bits per heavy atom. The number of carbonyl (C=O) groups is 2. The van der Waals surface area contributed by atoms with E-state index in [4.69, 9.17) is 5.73 Å². The highest BCUT2D eigenvalue weighted by Crippen LogP contribution is 2.20. The van der Waals surface area contributed by atoms with Crippen LogP contribution in [0.1, 0.15) is 32.1 Å². The third-order valence-electron chi connectivity index (χ3n) is 4.39. The Labute approximate surface area is 127 Å². The van der Waals surface area contributed by atoms with E-state index in [1.54, 1.807) is 7.05 Å². The third-order valence-corrected chi connectivity index (χ3v) is 4.39. The van der Waals surface area contributed by atoms with Gasteiger partial charge in [0.2, 0.25) is 11.8 Å². The Morgan fingerprint density at radius 2 is 1.90 bits per heavy atom. The quantitative estimate of drug-likeness (QED) is 0.681. The van der Waals surface area contributed by atoms with Gasteiger partial charge in [0, 0.05) is 13.1 Å². The maximum absolute atomic E-state index is 12.1. The topological polar surface area (TPSA) is 78.7 Å². The van der Waals surface area contributed by atoms with Crippen molar-refractivity contribution in [1.29, 1.82) is 0 Å². The monoisotopic (exact) mass is 296 g/mol. The zero-order valence-electron chi connectivity index (χ0n) is 13.0. The normalized spacial score (nSPS) is 20.3. The second-order valence-electron chi connectivity index (χ2n) is 6.39. The highest BCUT2D eigenvalue weighted by atomic mass is 16.2. The molecule has 0 unspecified atom stereocenters. The second-order valence-corrected chi connectivity index (χ2v) is 6.39. The molecule has 2 rings (SSSR count). The summed E-state index contributed by atoms with van der Waals surface area (Å²) >= 11 is 0. The summed E-state index contributed by atoms with van der Waals surface area (Å²) in [6.07, 6.45) is 5.47. The lowest BCUT2D eigenvalue weighted by Gasteiger charge is -2.32. The molecule has 3 N–H and O–H groups in total. The van der Waals surface area contributed by atoms with E-state index in [9.17, 15) is 9.59 Å². The van der Waals surface area contributed by atoms with E-state index in [1.165, 1.54) is 4.90 Å². The third kappa shape index (κ3) is 5.63. The van der Waals surface area contributed by atoms with Gasteiger partial charge in [0.15, 0.2) is 0 Å². The van der Waals surface area contributed by atoms with Crippen LogP contribution in [-0.4, -0.2) is 67.4 Å². The summed E-state index contributed by atoms with van der Waals surface area (Å²) in [6.45, 7) is 3.25. The summed E-state index contributed by atoms with van der Waals surface area (Å²) in [4.78, 5) is 27.5. The molecule has 0 aromatic rings. The Morgan fingerprint density at radius 1 is 1.24 bits per heavy atom. The Hall–Kier alpha value is -1.14. The second kappa shape index (κ2) is 7.75. The van der Waals surface area contributed by atoms with Crippen molar-refractivity contribution < 1.29 is 9.59 Å². The summed E-state index contributed by atoms with van der Waals surface area (Å²) in [5.41, 5.74) is 5.59. The first-order valence-corrected chi connectivity index (χ1v) is 8.04. The van der Waals surface area contributed by atoms with Gasteiger partial charge in [-0.05, 0) is 57.7 Å². The molecule has 2 aliphatic rings. The fourth-order valence-corrected chi connectivity index (χ4v) is 2.79. The van der Waals surface area contributed by atoms with Crippen LogP contribution < -0.4 is 11.1 Å². The first-order valence-electron chi connectivity index (χ1n) is 8.04. The smallest absolute Gasteiger partial charge is 0.239 e. The van der Waals surface area contributed by atoms with Gasteiger partial charge in [-0.1, -0.05) is 0 Å². The van der Waals surface area contributed by atoms with Gasteiger partial charge in [-0.3, -0.25) is 14.5 Å². The van der Waals surface area contributed by atoms with Crippen LogP contribution in [0, 0.1) is 5.92 Å². The van der Waals surface area contributed by atoms with Gasteiger partial charge in [-0.2, -0.15) is 0 Å². The zero-order chi connectivity index (χ0) is 15.2. The number of carbonyl (C=O) groups excluding carboxylic acids is 2. The lowest BCUT2D eigenvalue weighted by molar-refractivity contribution is -0.135. The van der Waals surface area contributed by atoms with E-state index < -0.39 is 0 Å². The molecule has 6 heteroatoms. The molecule has 0 aromatic carbocycles. The van der Waals surface area contributed by atoms with Crippen molar-refractivity contribution >= 4 is 11.8 Å². The van der Waals surface area contributed by atoms with Crippen LogP contribution in [0.2, 0.25) is 0 Å². The molecule has 2 fully saturated rings. The van der Waals surface area contributed by atoms with Gasteiger partial charge >= 0.3 is 0 Å². The molecule has 1 saturated heterocycles. The predicted octanol–water partition coefficient (Wildman–Crippen LogP) is -0.216. The number of hydrogen-bond donors (Lipinski definition) is 2. The van der Waals surface area contributed by atoms with E-state index in [2.05, 4.69) is 10.2 Å². The Bertz CT molecular complexity index is 363. The number of nitrogens with two attached hydrogens (primary N) is 1. The van der Waals surface area contributed by atoms with Crippen molar-refractivity contribution in [1.82, 2.24) is 15.1 Å². The van der Waals surface area contributed by atoms with Crippen molar-refractivity contribution in [2.24, 2.45) is 11.7 Å². The molecule has 1 heterocycles. The molecule has 0 aromatic heterocycles. The highest BCUT2D eigenvalue weighted by Gasteiger charge is 2.25. The van der Waals surface area contributed by atoms with Gasteiger partial charge in [0.25, 0.3) is 0 Å². The average Bonchev–Trinajstić information content (AvgIpc) is 3.25. The fraction of sp³-hybridized carbons (Fsp3) is 0.867. The molecule has 21 heavy (non-hydrogen) atoms. The number of likely N-dealkylation sites (tertiary alicyclic amines) is 1. The number of hydrogen-bond acceptors (Lipinski definition) is 4. The number of piperidine rings is 1. The van der Waals surface area contributed by atoms with Gasteiger partial charge in [-0.15, -0.1) is 0 Å². The molecule has 0 radical (unpaired) electrons. The van der Waals surface area contributed by atoms with Gasteiger partial charge in [-0.25, -0.2) is 0 Å². The number of nitrogens with one attached hydrogen (secondary N) is 1. The van der Waals surface area contributed by atoms with Crippen molar-refractivity contribution in [3.05, 3.63) is 0 Å². The lowest BCUT2D eigenvalue weighted by atomic mass is 9.94. The molecular formula is C15H28N4O2. The largest absolute Gasteiger partial charge is 0.352 e. The minimum Gasteiger partial charge on any atom is -0.352 e. The van der Waals surface area contributed by atoms with E-state index in [-0.39, 0.29) is 18.4 Å². The average molecular weight is 296 g/mol. The van der Waals surface area contributed by atoms with Crippen molar-refractivity contribution in [3.63, 3.8) is 0 Å². The van der Waals surface area contributed by atoms with Gasteiger partial charge in [0.05, 0.1) is 13.1 Å². The van der Waals surface area contributed by atoms with Crippen LogP contribution in [0.15, 0.2) is 0 Å². The maximum atomic E-state index is 12.1. The summed E-state index contributed by atoms with van der Waals surface area (Å²) in [6, 6.07) is 0.350. The minimum absolute atomic E-state index is 0.0261. The van der Waals surface area contributed by atoms with Crippen LogP contribution in [0.5, 0.6) is 0 Å². The summed E-state index contributed by atoms with van der Waals surface area (Å²) in [5.74, 6) is 0.691. The Kier molecular flexibility index (Phi) is 5.99. The summed E-state index contributed by atoms with van der Waals surface area (Å²) < 4.78 is 0. The van der Waals surface area contributed by atoms with E-state index in [0.717, 1.165) is 51.7 Å². The van der Waals surface area contributed by atoms with E-state index in [0.29, 0.717) is 18.5 Å². The van der Waals surface area contributed by atoms with Crippen LogP contribution >= 0.6 is 0 Å². The first kappa shape index (κ1) is 16.2. The van der Waals surface area contributed by atoms with E-state index in [1.807, 2.05) is 0 Å². The number of likely N-dealkylation sites (N-methyl/N-ethyl adjacent to an activating group) is 1. The zero-order valence-corrected chi connectivity index (χ0v) is 13.0. The fourth-order valence-electron chi connectivity index (χ4n) is 2.79. The SMILES string of the molecule is CN(CC(=O)NC1CC1)C(=O)CN1CCC(CCN)CC1. The van der Waals surface area contributed by atoms with Crippen molar-refractivity contribution in [3.8, 4) is 0 Å². The number of rotatable bonds is 7. The standard InChI is InChI=1S/C15H28N4O2/c1-18(10-14(20)17-13-2-3-13)15(21)11-19-8-5-12(4-7-16)6-9-19/h12-13H,2-11,16H2,1H3,(H,17,20). The molecule has 0 atom stereocenters. The molecular weight excluding hydrogens is 268 g/mol. The minimum atomic E-state index is -0.0463. The number of nitrogens with zero attached hydrogens (tertiary/aromatic N) is 2. The van der Waals surface area contributed by atoms with E-state index >= 15 is 0 Å². The van der Waals surface area contributed by atoms with Gasteiger partial charge in [0.1, 0.15) is 0 Å². The summed E-state index contributed by atoms with van der Waals surface area (Å²) in [5, 5.41) is 2.90. The Balaban J connectivity index is 1.65. The molecule has 1 aliphatic carbocycles. The highest BCUT2D eigenvalue weighted by molar-refractivity contribution is 5.85. The molecule has 0 spiro atoms. The maximum Gasteiger partial charge on any atom is 0.239 e. The van der Waals surface area contributed by atoms with Crippen LogP contribution in [0.25, 0.3) is 0 Å². The molecule has 6 nitrogen and oxygen atoms in total. The van der Waals surface area contributed by atoms with Crippen molar-refractivity contribution in [2.45, 2.75) is 38.1 Å². The predicted molar refractivity (Wildman–Crippen MR) is 81.6 cm³/mol. The van der Waals surface area contributed by atoms with Crippen LogP contribution in [0.3, 0.4) is 0 Å². The first-order chi connectivity index (χ1) is 10.1. The molecule has 0 bridgehead atoms. The number of amides is 2. The van der Waals surface area contributed by atoms with Crippen molar-refractivity contribution in [2.75, 3.05) is 39.8 Å². The lowest BCUT2D eigenvalue weighted by Crippen LogP contribution is -2.45. The van der Waals surface area contributed by atoms with Crippen LogP contribution in [-0.2, 0) is 9.59 Å². The van der Waals surface area contributed by atoms with Crippen LogP contribution in [0.4, 0.5) is 0 Å². The molecule has 1 saturated carbocycles. The summed E-state index contributed by atoms with van der Waals surface area (Å²) in [7, 11) is 1.70. The molecule has 2 amide bonds.